The van der Waals surface area contributed by atoms with Crippen molar-refractivity contribution < 1.29 is 4.79 Å². The molecule has 4 heteroatoms. The lowest BCUT2D eigenvalue weighted by molar-refractivity contribution is -0.116. The number of fused-ring (bicyclic) bond motifs is 1. The molecule has 0 aliphatic carbocycles. The van der Waals surface area contributed by atoms with Crippen LogP contribution in [0, 0.1) is 0 Å². The third kappa shape index (κ3) is 3.82. The van der Waals surface area contributed by atoms with Crippen LogP contribution in [0.1, 0.15) is 20.3 Å². The van der Waals surface area contributed by atoms with E-state index in [1.807, 2.05) is 38.1 Å². The summed E-state index contributed by atoms with van der Waals surface area (Å²) in [4.78, 5) is 15.4. The Balaban J connectivity index is 0.000000771. The largest absolute Gasteiger partial charge is 0.330 e. The van der Waals surface area contributed by atoms with Gasteiger partial charge in [-0.3, -0.25) is 9.78 Å². The van der Waals surface area contributed by atoms with E-state index in [1.54, 1.807) is 12.4 Å². The van der Waals surface area contributed by atoms with Crippen molar-refractivity contribution in [3.8, 4) is 0 Å². The molecule has 0 saturated heterocycles. The van der Waals surface area contributed by atoms with Gasteiger partial charge in [-0.25, -0.2) is 0 Å². The Morgan fingerprint density at radius 3 is 2.78 bits per heavy atom. The number of carbonyl (C=O) groups is 1. The monoisotopic (exact) mass is 245 g/mol. The van der Waals surface area contributed by atoms with E-state index in [2.05, 4.69) is 10.3 Å². The van der Waals surface area contributed by atoms with Gasteiger partial charge in [0, 0.05) is 36.4 Å². The second kappa shape index (κ2) is 7.40. The van der Waals surface area contributed by atoms with Gasteiger partial charge in [-0.1, -0.05) is 19.9 Å². The van der Waals surface area contributed by atoms with Crippen LogP contribution in [0.2, 0.25) is 0 Å². The summed E-state index contributed by atoms with van der Waals surface area (Å²) in [7, 11) is 0. The Morgan fingerprint density at radius 2 is 2.06 bits per heavy atom. The number of nitrogens with zero attached hydrogens (tertiary/aromatic N) is 1. The van der Waals surface area contributed by atoms with Crippen molar-refractivity contribution in [2.45, 2.75) is 20.3 Å². The lowest BCUT2D eigenvalue weighted by atomic mass is 10.1. The van der Waals surface area contributed by atoms with Crippen LogP contribution in [0.4, 0.5) is 5.69 Å². The van der Waals surface area contributed by atoms with Crippen molar-refractivity contribution in [3.05, 3.63) is 36.7 Å². The molecular weight excluding hydrogens is 226 g/mol. The smallest absolute Gasteiger partial charge is 0.225 e. The second-order valence-corrected chi connectivity index (χ2v) is 3.52. The Morgan fingerprint density at radius 1 is 1.28 bits per heavy atom. The summed E-state index contributed by atoms with van der Waals surface area (Å²) in [5, 5.41) is 4.91. The van der Waals surface area contributed by atoms with Crippen LogP contribution in [-0.2, 0) is 4.79 Å². The number of rotatable bonds is 3. The van der Waals surface area contributed by atoms with E-state index in [1.165, 1.54) is 0 Å². The molecule has 0 fully saturated rings. The van der Waals surface area contributed by atoms with Gasteiger partial charge in [0.2, 0.25) is 5.91 Å². The maximum absolute atomic E-state index is 11.3. The minimum absolute atomic E-state index is 0.0593. The normalized spacial score (nSPS) is 9.50. The van der Waals surface area contributed by atoms with Crippen LogP contribution in [-0.4, -0.2) is 17.4 Å². The SMILES string of the molecule is CC.NCCC(=O)Nc1ccc2cnccc2c1. The molecule has 3 N–H and O–H groups in total. The van der Waals surface area contributed by atoms with Crippen LogP contribution < -0.4 is 11.1 Å². The Hall–Kier alpha value is -1.94. The van der Waals surface area contributed by atoms with Gasteiger partial charge in [-0.15, -0.1) is 0 Å². The molecular formula is C14H19N3O. The van der Waals surface area contributed by atoms with Crippen molar-refractivity contribution in [2.75, 3.05) is 11.9 Å². The predicted molar refractivity (Wildman–Crippen MR) is 75.4 cm³/mol. The molecule has 0 atom stereocenters. The zero-order valence-electron chi connectivity index (χ0n) is 10.8. The number of aromatic nitrogens is 1. The van der Waals surface area contributed by atoms with E-state index in [9.17, 15) is 4.79 Å². The molecule has 96 valence electrons. The highest BCUT2D eigenvalue weighted by atomic mass is 16.1. The number of carbonyl (C=O) groups excluding carboxylic acids is 1. The molecule has 1 aromatic heterocycles. The van der Waals surface area contributed by atoms with Crippen LogP contribution in [0.3, 0.4) is 0 Å². The average Bonchev–Trinajstić information content (AvgIpc) is 2.41. The first-order valence-electron chi connectivity index (χ1n) is 6.13. The lowest BCUT2D eigenvalue weighted by Gasteiger charge is -2.05. The summed E-state index contributed by atoms with van der Waals surface area (Å²) in [6.07, 6.45) is 3.86. The fourth-order valence-electron chi connectivity index (χ4n) is 1.52. The van der Waals surface area contributed by atoms with Gasteiger partial charge in [0.05, 0.1) is 0 Å². The van der Waals surface area contributed by atoms with Crippen molar-refractivity contribution >= 4 is 22.4 Å². The third-order valence-corrected chi connectivity index (χ3v) is 2.30. The molecule has 18 heavy (non-hydrogen) atoms. The van der Waals surface area contributed by atoms with E-state index in [0.717, 1.165) is 16.5 Å². The molecule has 0 aliphatic heterocycles. The fraction of sp³-hybridized carbons (Fsp3) is 0.286. The highest BCUT2D eigenvalue weighted by Gasteiger charge is 2.01. The highest BCUT2D eigenvalue weighted by molar-refractivity contribution is 5.94. The number of amides is 1. The quantitative estimate of drug-likeness (QED) is 0.873. The summed E-state index contributed by atoms with van der Waals surface area (Å²) in [6.45, 7) is 4.36. The maximum Gasteiger partial charge on any atom is 0.225 e. The minimum atomic E-state index is -0.0593. The molecule has 2 aromatic rings. The predicted octanol–water partition coefficient (Wildman–Crippen LogP) is 2.55. The molecule has 1 amide bonds. The van der Waals surface area contributed by atoms with Crippen LogP contribution in [0.25, 0.3) is 10.8 Å². The van der Waals surface area contributed by atoms with Gasteiger partial charge in [0.15, 0.2) is 0 Å². The minimum Gasteiger partial charge on any atom is -0.330 e. The summed E-state index contributed by atoms with van der Waals surface area (Å²) >= 11 is 0. The van der Waals surface area contributed by atoms with Gasteiger partial charge >= 0.3 is 0 Å². The molecule has 1 heterocycles. The molecule has 1 aromatic carbocycles. The first kappa shape index (κ1) is 14.1. The fourth-order valence-corrected chi connectivity index (χ4v) is 1.52. The molecule has 4 nitrogen and oxygen atoms in total. The number of hydrogen-bond acceptors (Lipinski definition) is 3. The van der Waals surface area contributed by atoms with E-state index in [0.29, 0.717) is 13.0 Å². The second-order valence-electron chi connectivity index (χ2n) is 3.52. The van der Waals surface area contributed by atoms with E-state index >= 15 is 0 Å². The van der Waals surface area contributed by atoms with Gasteiger partial charge in [0.25, 0.3) is 0 Å². The molecule has 0 bridgehead atoms. The maximum atomic E-state index is 11.3. The molecule has 0 radical (unpaired) electrons. The standard InChI is InChI=1S/C12H13N3O.C2H6/c13-5-3-12(16)15-11-2-1-10-8-14-6-4-9(10)7-11;1-2/h1-2,4,6-8H,3,5,13H2,(H,15,16);1-2H3. The number of nitrogens with one attached hydrogen (secondary N) is 1. The van der Waals surface area contributed by atoms with E-state index < -0.39 is 0 Å². The number of benzene rings is 1. The van der Waals surface area contributed by atoms with Crippen LogP contribution in [0.5, 0.6) is 0 Å². The summed E-state index contributed by atoms with van der Waals surface area (Å²) in [6, 6.07) is 7.62. The van der Waals surface area contributed by atoms with Crippen molar-refractivity contribution in [1.29, 1.82) is 0 Å². The first-order valence-corrected chi connectivity index (χ1v) is 6.13. The third-order valence-electron chi connectivity index (χ3n) is 2.30. The van der Waals surface area contributed by atoms with Crippen molar-refractivity contribution in [1.82, 2.24) is 4.98 Å². The van der Waals surface area contributed by atoms with Gasteiger partial charge in [0.1, 0.15) is 0 Å². The number of anilines is 1. The Bertz CT molecular complexity index is 511. The molecule has 0 unspecified atom stereocenters. The van der Waals surface area contributed by atoms with Gasteiger partial charge in [-0.2, -0.15) is 0 Å². The molecule has 0 saturated carbocycles. The zero-order chi connectivity index (χ0) is 13.4. The molecule has 0 aliphatic rings. The highest BCUT2D eigenvalue weighted by Crippen LogP contribution is 2.17. The summed E-state index contributed by atoms with van der Waals surface area (Å²) < 4.78 is 0. The topological polar surface area (TPSA) is 68.0 Å². The summed E-state index contributed by atoms with van der Waals surface area (Å²) in [5.74, 6) is -0.0593. The van der Waals surface area contributed by atoms with Gasteiger partial charge in [-0.05, 0) is 23.6 Å². The van der Waals surface area contributed by atoms with Crippen molar-refractivity contribution in [2.24, 2.45) is 5.73 Å². The van der Waals surface area contributed by atoms with E-state index in [-0.39, 0.29) is 5.91 Å². The zero-order valence-corrected chi connectivity index (χ0v) is 10.8. The van der Waals surface area contributed by atoms with Crippen molar-refractivity contribution in [3.63, 3.8) is 0 Å². The lowest BCUT2D eigenvalue weighted by Crippen LogP contribution is -2.16. The van der Waals surface area contributed by atoms with Crippen LogP contribution in [0.15, 0.2) is 36.7 Å². The average molecular weight is 245 g/mol. The van der Waals surface area contributed by atoms with E-state index in [4.69, 9.17) is 5.73 Å². The Kier molecular flexibility index (Phi) is 5.80. The first-order chi connectivity index (χ1) is 8.79. The molecule has 0 spiro atoms. The number of hydrogen-bond donors (Lipinski definition) is 2. The summed E-state index contributed by atoms with van der Waals surface area (Å²) in [5.41, 5.74) is 6.09. The number of pyridine rings is 1. The number of nitrogens with two attached hydrogens (primary N) is 1. The Labute approximate surface area is 107 Å². The molecule has 2 rings (SSSR count). The van der Waals surface area contributed by atoms with Crippen LogP contribution >= 0.6 is 0 Å². The van der Waals surface area contributed by atoms with Gasteiger partial charge < -0.3 is 11.1 Å².